The van der Waals surface area contributed by atoms with Gasteiger partial charge in [0.2, 0.25) is 0 Å². The Kier molecular flexibility index (Phi) is 3.82. The molecule has 0 fully saturated rings. The van der Waals surface area contributed by atoms with E-state index < -0.39 is 28.2 Å². The van der Waals surface area contributed by atoms with E-state index in [-0.39, 0.29) is 6.07 Å². The SMILES string of the molecule is Fc1cc(F)c(F)c(Sc2ccc(Cl)cc2)c1F. The molecule has 0 saturated heterocycles. The molecule has 2 aromatic carbocycles. The zero-order valence-electron chi connectivity index (χ0n) is 8.68. The molecule has 0 aromatic heterocycles. The maximum Gasteiger partial charge on any atom is 0.175 e. The summed E-state index contributed by atoms with van der Waals surface area (Å²) in [5.74, 6) is -5.67. The lowest BCUT2D eigenvalue weighted by Gasteiger charge is -2.06. The molecule has 18 heavy (non-hydrogen) atoms. The first kappa shape index (κ1) is 13.2. The molecule has 0 radical (unpaired) electrons. The predicted octanol–water partition coefficient (Wildman–Crippen LogP) is 5.05. The zero-order valence-corrected chi connectivity index (χ0v) is 10.3. The van der Waals surface area contributed by atoms with E-state index in [1.54, 1.807) is 0 Å². The molecule has 6 heteroatoms. The highest BCUT2D eigenvalue weighted by Gasteiger charge is 2.19. The van der Waals surface area contributed by atoms with Gasteiger partial charge in [0.15, 0.2) is 23.3 Å². The van der Waals surface area contributed by atoms with Crippen molar-refractivity contribution in [3.63, 3.8) is 0 Å². The van der Waals surface area contributed by atoms with Gasteiger partial charge in [0.05, 0.1) is 4.90 Å². The van der Waals surface area contributed by atoms with E-state index >= 15 is 0 Å². The normalized spacial score (nSPS) is 10.7. The van der Waals surface area contributed by atoms with Crippen LogP contribution in [0.15, 0.2) is 40.1 Å². The second-order valence-electron chi connectivity index (χ2n) is 3.35. The van der Waals surface area contributed by atoms with Crippen LogP contribution in [-0.2, 0) is 0 Å². The Morgan fingerprint density at radius 1 is 0.833 bits per heavy atom. The summed E-state index contributed by atoms with van der Waals surface area (Å²) in [6, 6.07) is 6.19. The van der Waals surface area contributed by atoms with Gasteiger partial charge in [-0.3, -0.25) is 0 Å². The summed E-state index contributed by atoms with van der Waals surface area (Å²) in [4.78, 5) is -0.294. The largest absolute Gasteiger partial charge is 0.204 e. The van der Waals surface area contributed by atoms with Gasteiger partial charge in [-0.05, 0) is 24.3 Å². The van der Waals surface area contributed by atoms with Crippen molar-refractivity contribution in [2.24, 2.45) is 0 Å². The van der Waals surface area contributed by atoms with Gasteiger partial charge in [0.1, 0.15) is 0 Å². The Labute approximate surface area is 110 Å². The first-order valence-electron chi connectivity index (χ1n) is 4.75. The fourth-order valence-corrected chi connectivity index (χ4v) is 2.27. The van der Waals surface area contributed by atoms with Crippen molar-refractivity contribution < 1.29 is 17.6 Å². The third kappa shape index (κ3) is 2.62. The van der Waals surface area contributed by atoms with Crippen LogP contribution in [0.4, 0.5) is 17.6 Å². The highest BCUT2D eigenvalue weighted by atomic mass is 35.5. The van der Waals surface area contributed by atoms with Crippen molar-refractivity contribution in [2.75, 3.05) is 0 Å². The second-order valence-corrected chi connectivity index (χ2v) is 4.87. The summed E-state index contributed by atoms with van der Waals surface area (Å²) in [5, 5.41) is 0.450. The van der Waals surface area contributed by atoms with E-state index in [0.717, 1.165) is 0 Å². The van der Waals surface area contributed by atoms with Crippen LogP contribution in [0.3, 0.4) is 0 Å². The number of hydrogen-bond donors (Lipinski definition) is 0. The van der Waals surface area contributed by atoms with E-state index in [1.165, 1.54) is 24.3 Å². The molecule has 0 aliphatic carbocycles. The minimum absolute atomic E-state index is 0.177. The maximum absolute atomic E-state index is 13.4. The number of rotatable bonds is 2. The van der Waals surface area contributed by atoms with Crippen molar-refractivity contribution in [1.29, 1.82) is 0 Å². The minimum atomic E-state index is -1.43. The van der Waals surface area contributed by atoms with Crippen molar-refractivity contribution in [3.8, 4) is 0 Å². The van der Waals surface area contributed by atoms with Gasteiger partial charge in [-0.1, -0.05) is 23.4 Å². The van der Waals surface area contributed by atoms with E-state index in [2.05, 4.69) is 0 Å². The highest BCUT2D eigenvalue weighted by molar-refractivity contribution is 7.99. The predicted molar refractivity (Wildman–Crippen MR) is 61.8 cm³/mol. The molecule has 0 unspecified atom stereocenters. The summed E-state index contributed by atoms with van der Waals surface area (Å²) >= 11 is 6.24. The summed E-state index contributed by atoms with van der Waals surface area (Å²) < 4.78 is 52.7. The second kappa shape index (κ2) is 5.20. The fraction of sp³-hybridized carbons (Fsp3) is 0. The molecule has 0 N–H and O–H groups in total. The van der Waals surface area contributed by atoms with Gasteiger partial charge in [-0.25, -0.2) is 17.6 Å². The molecule has 0 heterocycles. The highest BCUT2D eigenvalue weighted by Crippen LogP contribution is 2.34. The van der Waals surface area contributed by atoms with Gasteiger partial charge in [0.25, 0.3) is 0 Å². The van der Waals surface area contributed by atoms with Crippen LogP contribution < -0.4 is 0 Å². The molecule has 0 spiro atoms. The van der Waals surface area contributed by atoms with Crippen LogP contribution in [0, 0.1) is 23.3 Å². The first-order chi connectivity index (χ1) is 8.49. The van der Waals surface area contributed by atoms with Crippen LogP contribution >= 0.6 is 23.4 Å². The monoisotopic (exact) mass is 292 g/mol. The Balaban J connectivity index is 2.42. The van der Waals surface area contributed by atoms with Crippen LogP contribution in [0.5, 0.6) is 0 Å². The fourth-order valence-electron chi connectivity index (χ4n) is 1.26. The maximum atomic E-state index is 13.4. The Bertz CT molecular complexity index is 557. The van der Waals surface area contributed by atoms with Gasteiger partial charge in [-0.15, -0.1) is 0 Å². The average Bonchev–Trinajstić information content (AvgIpc) is 2.34. The lowest BCUT2D eigenvalue weighted by atomic mass is 10.3. The molecule has 2 aromatic rings. The molecule has 0 amide bonds. The summed E-state index contributed by atoms with van der Waals surface area (Å²) in [5.41, 5.74) is 0. The average molecular weight is 293 g/mol. The third-order valence-corrected chi connectivity index (χ3v) is 3.43. The van der Waals surface area contributed by atoms with Crippen molar-refractivity contribution in [2.45, 2.75) is 9.79 Å². The van der Waals surface area contributed by atoms with Crippen LogP contribution in [0.2, 0.25) is 5.02 Å². The van der Waals surface area contributed by atoms with Gasteiger partial charge >= 0.3 is 0 Å². The van der Waals surface area contributed by atoms with E-state index in [4.69, 9.17) is 11.6 Å². The van der Waals surface area contributed by atoms with E-state index in [9.17, 15) is 17.6 Å². The molecular weight excluding hydrogens is 288 g/mol. The lowest BCUT2D eigenvalue weighted by molar-refractivity contribution is 0.426. The van der Waals surface area contributed by atoms with Gasteiger partial charge in [-0.2, -0.15) is 0 Å². The number of benzene rings is 2. The van der Waals surface area contributed by atoms with Crippen molar-refractivity contribution in [3.05, 3.63) is 58.6 Å². The molecule has 0 aliphatic rings. The number of hydrogen-bond acceptors (Lipinski definition) is 1. The Morgan fingerprint density at radius 2 is 1.33 bits per heavy atom. The minimum Gasteiger partial charge on any atom is -0.204 e. The van der Waals surface area contributed by atoms with Crippen LogP contribution in [-0.4, -0.2) is 0 Å². The lowest BCUT2D eigenvalue weighted by Crippen LogP contribution is -1.96. The van der Waals surface area contributed by atoms with E-state index in [1.807, 2.05) is 0 Å². The van der Waals surface area contributed by atoms with Crippen LogP contribution in [0.25, 0.3) is 0 Å². The molecule has 0 bridgehead atoms. The molecule has 0 aliphatic heterocycles. The third-order valence-electron chi connectivity index (χ3n) is 2.11. The van der Waals surface area contributed by atoms with E-state index in [0.29, 0.717) is 21.7 Å². The molecule has 0 nitrogen and oxygen atoms in total. The summed E-state index contributed by atoms with van der Waals surface area (Å²) in [6.45, 7) is 0. The topological polar surface area (TPSA) is 0 Å². The van der Waals surface area contributed by atoms with Crippen molar-refractivity contribution >= 4 is 23.4 Å². The molecule has 94 valence electrons. The smallest absolute Gasteiger partial charge is 0.175 e. The summed E-state index contributed by atoms with van der Waals surface area (Å²) in [7, 11) is 0. The quantitative estimate of drug-likeness (QED) is 0.551. The molecular formula is C12H5ClF4S. The Morgan fingerprint density at radius 3 is 1.83 bits per heavy atom. The standard InChI is InChI=1S/C12H5ClF4S/c13-6-1-3-7(4-2-6)18-12-10(16)8(14)5-9(15)11(12)17/h1-5H. The molecule has 0 atom stereocenters. The van der Waals surface area contributed by atoms with Gasteiger partial charge < -0.3 is 0 Å². The summed E-state index contributed by atoms with van der Waals surface area (Å²) in [6.07, 6.45) is 0. The Hall–Kier alpha value is -1.20. The van der Waals surface area contributed by atoms with Crippen LogP contribution in [0.1, 0.15) is 0 Å². The van der Waals surface area contributed by atoms with Gasteiger partial charge in [0, 0.05) is 16.0 Å². The molecule has 2 rings (SSSR count). The van der Waals surface area contributed by atoms with Crippen molar-refractivity contribution in [1.82, 2.24) is 0 Å². The molecule has 0 saturated carbocycles. The number of halogens is 5. The first-order valence-corrected chi connectivity index (χ1v) is 5.95. The zero-order chi connectivity index (χ0) is 13.3.